The van der Waals surface area contributed by atoms with Crippen molar-refractivity contribution < 1.29 is 13.9 Å². The van der Waals surface area contributed by atoms with Crippen molar-refractivity contribution in [3.8, 4) is 0 Å². The summed E-state index contributed by atoms with van der Waals surface area (Å²) >= 11 is 1.44. The molecule has 1 atom stereocenters. The van der Waals surface area contributed by atoms with Gasteiger partial charge in [-0.3, -0.25) is 0 Å². The van der Waals surface area contributed by atoms with Crippen LogP contribution in [-0.2, 0) is 4.74 Å². The molecule has 168 valence electrons. The van der Waals surface area contributed by atoms with Crippen LogP contribution in [0.4, 0.5) is 26.5 Å². The van der Waals surface area contributed by atoms with E-state index >= 15 is 0 Å². The number of halogens is 1. The highest BCUT2D eigenvalue weighted by Gasteiger charge is 2.41. The minimum absolute atomic E-state index is 0.168. The normalized spacial score (nSPS) is 21.7. The van der Waals surface area contributed by atoms with Gasteiger partial charge in [0, 0.05) is 31.6 Å². The van der Waals surface area contributed by atoms with Gasteiger partial charge in [0.25, 0.3) is 11.0 Å². The fourth-order valence-electron chi connectivity index (χ4n) is 3.51. The fourth-order valence-corrected chi connectivity index (χ4v) is 4.49. The number of morpholine rings is 1. The molecule has 2 amide bonds. The Kier molecular flexibility index (Phi) is 6.98. The summed E-state index contributed by atoms with van der Waals surface area (Å²) in [5, 5.41) is 17.0. The van der Waals surface area contributed by atoms with E-state index in [1.54, 1.807) is 19.2 Å². The molecule has 1 saturated heterocycles. The molecule has 0 radical (unpaired) electrons. The molecule has 0 saturated carbocycles. The van der Waals surface area contributed by atoms with Crippen molar-refractivity contribution in [2.75, 3.05) is 51.3 Å². The molecule has 1 fully saturated rings. The summed E-state index contributed by atoms with van der Waals surface area (Å²) in [6, 6.07) is 9.74. The van der Waals surface area contributed by atoms with Crippen LogP contribution in [0.1, 0.15) is 0 Å². The number of amides is 2. The predicted molar refractivity (Wildman–Crippen MR) is 124 cm³/mol. The van der Waals surface area contributed by atoms with E-state index in [9.17, 15) is 9.18 Å². The number of hydrogen-bond donors (Lipinski definition) is 2. The first-order chi connectivity index (χ1) is 15.6. The minimum atomic E-state index is -0.350. The Morgan fingerprint density at radius 2 is 2.12 bits per heavy atom. The quantitative estimate of drug-likeness (QED) is 0.647. The van der Waals surface area contributed by atoms with Gasteiger partial charge in [-0.25, -0.2) is 9.18 Å². The Hall–Kier alpha value is -3.02. The number of amidine groups is 1. The van der Waals surface area contributed by atoms with Crippen LogP contribution in [0.25, 0.3) is 0 Å². The molecule has 2 N–H and O–H groups in total. The summed E-state index contributed by atoms with van der Waals surface area (Å²) in [5.74, 6) is 1.10. The second-order valence-corrected chi connectivity index (χ2v) is 8.10. The summed E-state index contributed by atoms with van der Waals surface area (Å²) in [6.45, 7) is 3.71. The third kappa shape index (κ3) is 4.90. The fraction of sp³-hybridized carbons (Fsp3) is 0.333. The number of nitrogens with zero attached hydrogens (tertiary/aromatic N) is 5. The summed E-state index contributed by atoms with van der Waals surface area (Å²) in [7, 11) is 1.57. The third-order valence-electron chi connectivity index (χ3n) is 5.22. The molecule has 3 heterocycles. The maximum Gasteiger partial charge on any atom is 0.314 e. The first-order valence-electron chi connectivity index (χ1n) is 10.3. The highest BCUT2D eigenvalue weighted by molar-refractivity contribution is 8.16. The van der Waals surface area contributed by atoms with Crippen LogP contribution in [0.5, 0.6) is 0 Å². The molecular weight excluding hydrogens is 433 g/mol. The predicted octanol–water partition coefficient (Wildman–Crippen LogP) is 2.59. The molecular formula is C21H25FN7O2S+. The maximum atomic E-state index is 13.7. The number of ether oxygens (including phenoxy) is 1. The van der Waals surface area contributed by atoms with Crippen LogP contribution in [0.15, 0.2) is 53.0 Å². The van der Waals surface area contributed by atoms with E-state index in [2.05, 4.69) is 25.7 Å². The van der Waals surface area contributed by atoms with Gasteiger partial charge in [0.2, 0.25) is 0 Å². The Balaban J connectivity index is 1.65. The Labute approximate surface area is 189 Å². The van der Waals surface area contributed by atoms with Crippen molar-refractivity contribution in [1.82, 2.24) is 25.3 Å². The lowest BCUT2D eigenvalue weighted by molar-refractivity contribution is 0.122. The summed E-state index contributed by atoms with van der Waals surface area (Å²) in [6.07, 6.45) is 1.97. The Morgan fingerprint density at radius 3 is 2.84 bits per heavy atom. The van der Waals surface area contributed by atoms with Crippen LogP contribution in [0, 0.1) is 5.82 Å². The number of benzene rings is 1. The van der Waals surface area contributed by atoms with Crippen LogP contribution < -0.4 is 20.0 Å². The molecule has 0 aliphatic carbocycles. The van der Waals surface area contributed by atoms with Gasteiger partial charge in [0.15, 0.2) is 5.82 Å². The van der Waals surface area contributed by atoms with Gasteiger partial charge in [0.05, 0.1) is 25.4 Å². The van der Waals surface area contributed by atoms with E-state index in [4.69, 9.17) is 9.73 Å². The molecule has 1 aromatic heterocycles. The second-order valence-electron chi connectivity index (χ2n) is 7.22. The number of carbonyl (C=O) groups is 1. The topological polar surface area (TPSA) is 91.7 Å². The van der Waals surface area contributed by atoms with E-state index in [1.807, 2.05) is 23.7 Å². The average molecular weight is 459 g/mol. The lowest BCUT2D eigenvalue weighted by atomic mass is 10.3. The van der Waals surface area contributed by atoms with Gasteiger partial charge < -0.3 is 20.3 Å². The van der Waals surface area contributed by atoms with Gasteiger partial charge in [-0.2, -0.15) is 9.48 Å². The van der Waals surface area contributed by atoms with Gasteiger partial charge in [0.1, 0.15) is 18.6 Å². The molecule has 9 nitrogen and oxygen atoms in total. The number of carbonyl (C=O) groups excluding carboxylic acids is 1. The van der Waals surface area contributed by atoms with Gasteiger partial charge in [-0.1, -0.05) is 11.2 Å². The smallest absolute Gasteiger partial charge is 0.314 e. The number of hydrogen-bond acceptors (Lipinski definition) is 7. The third-order valence-corrected chi connectivity index (χ3v) is 6.11. The number of rotatable bonds is 6. The molecule has 1 unspecified atom stereocenters. The molecule has 0 bridgehead atoms. The lowest BCUT2D eigenvalue weighted by Crippen LogP contribution is -2.51. The van der Waals surface area contributed by atoms with Crippen molar-refractivity contribution in [3.05, 3.63) is 53.8 Å². The van der Waals surface area contributed by atoms with Crippen molar-refractivity contribution >= 4 is 40.3 Å². The number of anilines is 1. The minimum Gasteiger partial charge on any atom is -0.378 e. The number of aromatic nitrogens is 2. The maximum absolute atomic E-state index is 13.7. The number of aliphatic imine (C=N–C) groups is 1. The van der Waals surface area contributed by atoms with Gasteiger partial charge in [-0.05, 0) is 36.0 Å². The first-order valence-corrected chi connectivity index (χ1v) is 11.2. The van der Waals surface area contributed by atoms with E-state index in [-0.39, 0.29) is 16.3 Å². The standard InChI is InChI=1S/C21H24FN7O2S/c1-23-20(30)24-7-10-29(11-14-32-21(29)25-17-4-2-3-16(22)15-17)19-6-5-18(26-27-19)28-8-12-31-13-9-28/h2-6,11,14-15H,7-10,12-13H2,1H3,(H-,23,24,30)/p+1/b25-21-. The Morgan fingerprint density at radius 1 is 1.28 bits per heavy atom. The van der Waals surface area contributed by atoms with Crippen LogP contribution in [0.2, 0.25) is 0 Å². The summed E-state index contributed by atoms with van der Waals surface area (Å²) in [5.41, 5.74) is 0.510. The molecule has 4 rings (SSSR count). The van der Waals surface area contributed by atoms with Crippen molar-refractivity contribution in [2.45, 2.75) is 0 Å². The van der Waals surface area contributed by atoms with Gasteiger partial charge in [-0.15, -0.1) is 5.10 Å². The molecule has 11 heteroatoms. The highest BCUT2D eigenvalue weighted by atomic mass is 32.2. The van der Waals surface area contributed by atoms with Crippen LogP contribution in [0.3, 0.4) is 0 Å². The zero-order valence-corrected chi connectivity index (χ0v) is 18.5. The average Bonchev–Trinajstić information content (AvgIpc) is 3.23. The summed E-state index contributed by atoms with van der Waals surface area (Å²) in [4.78, 5) is 18.5. The van der Waals surface area contributed by atoms with Crippen molar-refractivity contribution in [3.63, 3.8) is 0 Å². The number of thioether (sulfide) groups is 1. The first kappa shape index (κ1) is 22.2. The highest BCUT2D eigenvalue weighted by Crippen LogP contribution is 2.35. The van der Waals surface area contributed by atoms with Crippen molar-refractivity contribution in [1.29, 1.82) is 0 Å². The molecule has 1 aromatic carbocycles. The Bertz CT molecular complexity index is 1010. The van der Waals surface area contributed by atoms with Crippen LogP contribution in [-0.4, -0.2) is 67.8 Å². The molecule has 32 heavy (non-hydrogen) atoms. The van der Waals surface area contributed by atoms with Gasteiger partial charge >= 0.3 is 6.03 Å². The van der Waals surface area contributed by atoms with E-state index < -0.39 is 0 Å². The van der Waals surface area contributed by atoms with Crippen LogP contribution >= 0.6 is 11.8 Å². The zero-order chi connectivity index (χ0) is 22.4. The summed E-state index contributed by atoms with van der Waals surface area (Å²) < 4.78 is 19.3. The SMILES string of the molecule is CNC(=O)NCC[N+]1(c2ccc(N3CCOCC3)nn2)C=CS/C1=N\c1cccc(F)c1. The zero-order valence-electron chi connectivity index (χ0n) is 17.7. The van der Waals surface area contributed by atoms with E-state index in [0.29, 0.717) is 43.0 Å². The molecule has 2 aliphatic rings. The lowest BCUT2D eigenvalue weighted by Gasteiger charge is -2.30. The monoisotopic (exact) mass is 458 g/mol. The van der Waals surface area contributed by atoms with E-state index in [0.717, 1.165) is 18.9 Å². The van der Waals surface area contributed by atoms with E-state index in [1.165, 1.54) is 23.9 Å². The number of urea groups is 1. The van der Waals surface area contributed by atoms with Crippen molar-refractivity contribution in [2.24, 2.45) is 4.99 Å². The molecule has 2 aromatic rings. The number of quaternary nitrogens is 1. The molecule has 2 aliphatic heterocycles. The largest absolute Gasteiger partial charge is 0.378 e. The number of nitrogens with one attached hydrogen (secondary N) is 2. The second kappa shape index (κ2) is 10.1. The molecule has 0 spiro atoms.